The summed E-state index contributed by atoms with van der Waals surface area (Å²) in [6.07, 6.45) is 20.0. The van der Waals surface area contributed by atoms with Crippen molar-refractivity contribution in [2.75, 3.05) is 0 Å². The molecule has 0 saturated heterocycles. The molecule has 0 radical (unpaired) electrons. The average molecular weight is 249 g/mol. The molecule has 13 heavy (non-hydrogen) atoms. The third-order valence-electron chi connectivity index (χ3n) is 1.17. The van der Waals surface area contributed by atoms with E-state index in [0.29, 0.717) is 0 Å². The van der Waals surface area contributed by atoms with Gasteiger partial charge in [0.1, 0.15) is 0 Å². The van der Waals surface area contributed by atoms with E-state index in [1.807, 2.05) is 24.3 Å². The Morgan fingerprint density at radius 1 is 0.923 bits per heavy atom. The Kier molecular flexibility index (Phi) is 12.5. The van der Waals surface area contributed by atoms with Crippen LogP contribution < -0.4 is 0 Å². The van der Waals surface area contributed by atoms with Gasteiger partial charge in [-0.1, -0.05) is 0 Å². The molecule has 0 heterocycles. The summed E-state index contributed by atoms with van der Waals surface area (Å²) in [7, 11) is 9.78. The van der Waals surface area contributed by atoms with Crippen molar-refractivity contribution in [3.8, 4) is 0 Å². The van der Waals surface area contributed by atoms with E-state index in [4.69, 9.17) is 18.6 Å². The van der Waals surface area contributed by atoms with Crippen molar-refractivity contribution in [2.45, 2.75) is 12.8 Å². The first-order valence-electron chi connectivity index (χ1n) is 3.81. The van der Waals surface area contributed by atoms with E-state index in [9.17, 15) is 0 Å². The summed E-state index contributed by atoms with van der Waals surface area (Å²) in [5.41, 5.74) is 0. The molecule has 0 bridgehead atoms. The molecule has 0 aromatic rings. The quantitative estimate of drug-likeness (QED) is 0.449. The van der Waals surface area contributed by atoms with Gasteiger partial charge in [-0.3, -0.25) is 12.2 Å². The van der Waals surface area contributed by atoms with Crippen LogP contribution in [0.4, 0.5) is 0 Å². The molecular formula is C10H10Cl2Ti-2. The molecule has 0 N–H and O–H groups in total. The van der Waals surface area contributed by atoms with Crippen LogP contribution in [0.15, 0.2) is 36.5 Å². The van der Waals surface area contributed by atoms with Crippen LogP contribution in [0.3, 0.4) is 0 Å². The Hall–Kier alpha value is 0.254. The first-order chi connectivity index (χ1) is 6.41. The molecule has 0 fully saturated rings. The van der Waals surface area contributed by atoms with E-state index in [1.165, 1.54) is 0 Å². The molecule has 2 aliphatic carbocycles. The van der Waals surface area contributed by atoms with E-state index in [0.717, 1.165) is 12.8 Å². The van der Waals surface area contributed by atoms with Gasteiger partial charge >= 0.3 is 35.6 Å². The van der Waals surface area contributed by atoms with Gasteiger partial charge in [0.05, 0.1) is 0 Å². The number of allylic oxidation sites excluding steroid dienone is 8. The molecule has 0 atom stereocenters. The van der Waals surface area contributed by atoms with Crippen molar-refractivity contribution in [1.82, 2.24) is 0 Å². The van der Waals surface area contributed by atoms with Crippen LogP contribution in [-0.2, 0) is 17.0 Å². The summed E-state index contributed by atoms with van der Waals surface area (Å²) in [5, 5.41) is 0. The van der Waals surface area contributed by atoms with E-state index >= 15 is 0 Å². The zero-order valence-corrected chi connectivity index (χ0v) is 10.2. The SMILES string of the molecule is [C-]1=CC=CC1.[C-]1=CC=CC1.[Cl][Ti][Cl]. The van der Waals surface area contributed by atoms with Gasteiger partial charge in [0.15, 0.2) is 0 Å². The van der Waals surface area contributed by atoms with Crippen molar-refractivity contribution in [3.05, 3.63) is 48.6 Å². The number of hydrogen-bond acceptors (Lipinski definition) is 0. The monoisotopic (exact) mass is 248 g/mol. The van der Waals surface area contributed by atoms with Crippen LogP contribution in [0.5, 0.6) is 0 Å². The summed E-state index contributed by atoms with van der Waals surface area (Å²) in [5.74, 6) is 0. The molecular weight excluding hydrogens is 239 g/mol. The maximum absolute atomic E-state index is 4.89. The van der Waals surface area contributed by atoms with Crippen molar-refractivity contribution in [3.63, 3.8) is 0 Å². The molecule has 0 aromatic heterocycles. The Morgan fingerprint density at radius 3 is 1.38 bits per heavy atom. The Labute approximate surface area is 96.7 Å². The number of halogens is 2. The molecule has 70 valence electrons. The molecule has 2 rings (SSSR count). The van der Waals surface area contributed by atoms with Crippen LogP contribution in [0.2, 0.25) is 0 Å². The van der Waals surface area contributed by atoms with Crippen molar-refractivity contribution >= 4 is 18.6 Å². The van der Waals surface area contributed by atoms with Crippen LogP contribution in [0.25, 0.3) is 0 Å². The van der Waals surface area contributed by atoms with E-state index in [2.05, 4.69) is 24.3 Å². The molecule has 0 spiro atoms. The Balaban J connectivity index is 0.000000174. The number of hydrogen-bond donors (Lipinski definition) is 0. The summed E-state index contributed by atoms with van der Waals surface area (Å²) < 4.78 is 0. The molecule has 0 aromatic carbocycles. The second-order valence-electron chi connectivity index (χ2n) is 2.08. The van der Waals surface area contributed by atoms with Gasteiger partial charge in [-0.05, 0) is 0 Å². The fraction of sp³-hybridized carbons (Fsp3) is 0.200. The van der Waals surface area contributed by atoms with E-state index in [-0.39, 0.29) is 0 Å². The van der Waals surface area contributed by atoms with Gasteiger partial charge in [-0.25, -0.2) is 24.3 Å². The topological polar surface area (TPSA) is 0 Å². The van der Waals surface area contributed by atoms with Gasteiger partial charge in [0.2, 0.25) is 0 Å². The second kappa shape index (κ2) is 12.3. The second-order valence-corrected chi connectivity index (χ2v) is 4.66. The van der Waals surface area contributed by atoms with Crippen LogP contribution in [0.1, 0.15) is 12.8 Å². The minimum absolute atomic E-state index is 0.556. The van der Waals surface area contributed by atoms with Gasteiger partial charge in [0.25, 0.3) is 0 Å². The van der Waals surface area contributed by atoms with E-state index < -0.39 is 17.0 Å². The Bertz CT molecular complexity index is 163. The molecule has 0 saturated carbocycles. The molecule has 0 unspecified atom stereocenters. The summed E-state index contributed by atoms with van der Waals surface area (Å²) >= 11 is -0.556. The Morgan fingerprint density at radius 2 is 1.31 bits per heavy atom. The third kappa shape index (κ3) is 12.3. The summed E-state index contributed by atoms with van der Waals surface area (Å²) in [4.78, 5) is 0. The predicted molar refractivity (Wildman–Crippen MR) is 54.8 cm³/mol. The van der Waals surface area contributed by atoms with Crippen LogP contribution >= 0.6 is 18.6 Å². The van der Waals surface area contributed by atoms with Crippen molar-refractivity contribution in [2.24, 2.45) is 0 Å². The van der Waals surface area contributed by atoms with Crippen molar-refractivity contribution in [1.29, 1.82) is 0 Å². The average Bonchev–Trinajstić information content (AvgIpc) is 2.85. The molecule has 0 aliphatic heterocycles. The summed E-state index contributed by atoms with van der Waals surface area (Å²) in [6.45, 7) is 0. The maximum atomic E-state index is 4.89. The zero-order valence-electron chi connectivity index (χ0n) is 7.13. The normalized spacial score (nSPS) is 14.6. The number of rotatable bonds is 0. The molecule has 3 heteroatoms. The molecule has 2 aliphatic rings. The van der Waals surface area contributed by atoms with Gasteiger partial charge in [-0.2, -0.15) is 12.2 Å². The van der Waals surface area contributed by atoms with Gasteiger partial charge in [0, 0.05) is 0 Å². The van der Waals surface area contributed by atoms with Gasteiger partial charge in [-0.15, -0.1) is 12.8 Å². The van der Waals surface area contributed by atoms with Gasteiger partial charge < -0.3 is 0 Å². The standard InChI is InChI=1S/2C5H5.2ClH.Ti/c2*1-2-4-5-3-1;;;/h2*1-3H,4H2;2*1H;/q2*-1;;;+2/p-2. The van der Waals surface area contributed by atoms with Crippen molar-refractivity contribution < 1.29 is 17.0 Å². The predicted octanol–water partition coefficient (Wildman–Crippen LogP) is 3.99. The first-order valence-corrected chi connectivity index (χ1v) is 8.11. The summed E-state index contributed by atoms with van der Waals surface area (Å²) in [6, 6.07) is 0. The zero-order chi connectivity index (χ0) is 9.78. The fourth-order valence-corrected chi connectivity index (χ4v) is 0.680. The van der Waals surface area contributed by atoms with E-state index in [1.54, 1.807) is 0 Å². The first kappa shape index (κ1) is 13.3. The third-order valence-corrected chi connectivity index (χ3v) is 1.17. The van der Waals surface area contributed by atoms with Crippen LogP contribution in [-0.4, -0.2) is 0 Å². The minimum atomic E-state index is -0.556. The molecule has 0 nitrogen and oxygen atoms in total. The van der Waals surface area contributed by atoms with Crippen LogP contribution in [0, 0.1) is 12.2 Å². The fourth-order valence-electron chi connectivity index (χ4n) is 0.680. The molecule has 0 amide bonds.